The molecule has 3 heteroatoms. The molecule has 0 saturated heterocycles. The first kappa shape index (κ1) is 8.35. The van der Waals surface area contributed by atoms with Crippen LogP contribution in [0.3, 0.4) is 0 Å². The Morgan fingerprint density at radius 2 is 2.46 bits per heavy atom. The fourth-order valence-electron chi connectivity index (χ4n) is 1.73. The minimum absolute atomic E-state index is 1.02. The third-order valence-electron chi connectivity index (χ3n) is 2.50. The first-order valence-corrected chi connectivity index (χ1v) is 4.77. The van der Waals surface area contributed by atoms with Crippen LogP contribution in [0.4, 0.5) is 11.5 Å². The highest BCUT2D eigenvalue weighted by Crippen LogP contribution is 2.28. The standard InChI is InChI=1S/C10H15N3/c1-3-13-7-6-11-9-8(2)4-5-12-10(9)13/h4-5,11H,3,6-7H2,1-2H3. The van der Waals surface area contributed by atoms with Crippen molar-refractivity contribution < 1.29 is 0 Å². The lowest BCUT2D eigenvalue weighted by Gasteiger charge is -2.30. The van der Waals surface area contributed by atoms with Gasteiger partial charge in [-0.1, -0.05) is 0 Å². The van der Waals surface area contributed by atoms with E-state index in [1.807, 2.05) is 12.3 Å². The molecule has 13 heavy (non-hydrogen) atoms. The molecule has 0 radical (unpaired) electrons. The van der Waals surface area contributed by atoms with E-state index in [9.17, 15) is 0 Å². The zero-order valence-corrected chi connectivity index (χ0v) is 8.17. The maximum Gasteiger partial charge on any atom is 0.152 e. The number of fused-ring (bicyclic) bond motifs is 1. The average Bonchev–Trinajstić information content (AvgIpc) is 2.18. The van der Waals surface area contributed by atoms with Crippen molar-refractivity contribution in [3.63, 3.8) is 0 Å². The summed E-state index contributed by atoms with van der Waals surface area (Å²) in [4.78, 5) is 6.70. The molecule has 0 spiro atoms. The molecule has 2 heterocycles. The van der Waals surface area contributed by atoms with Crippen LogP contribution in [0, 0.1) is 6.92 Å². The number of aryl methyl sites for hydroxylation is 1. The minimum Gasteiger partial charge on any atom is -0.380 e. The Kier molecular flexibility index (Phi) is 2.08. The quantitative estimate of drug-likeness (QED) is 0.707. The van der Waals surface area contributed by atoms with Gasteiger partial charge in [0.05, 0.1) is 5.69 Å². The van der Waals surface area contributed by atoms with Gasteiger partial charge in [0, 0.05) is 25.8 Å². The molecule has 0 saturated carbocycles. The zero-order valence-electron chi connectivity index (χ0n) is 8.17. The smallest absolute Gasteiger partial charge is 0.152 e. The van der Waals surface area contributed by atoms with E-state index in [0.29, 0.717) is 0 Å². The molecule has 1 aromatic rings. The Morgan fingerprint density at radius 3 is 3.23 bits per heavy atom. The molecule has 3 nitrogen and oxygen atoms in total. The van der Waals surface area contributed by atoms with Crippen LogP contribution in [0.15, 0.2) is 12.3 Å². The number of aromatic nitrogens is 1. The molecule has 0 amide bonds. The molecule has 0 fully saturated rings. The molecule has 2 rings (SSSR count). The lowest BCUT2D eigenvalue weighted by molar-refractivity contribution is 0.795. The predicted octanol–water partition coefficient (Wildman–Crippen LogP) is 1.64. The molecule has 0 atom stereocenters. The highest BCUT2D eigenvalue weighted by atomic mass is 15.2. The van der Waals surface area contributed by atoms with Crippen molar-refractivity contribution in [2.24, 2.45) is 0 Å². The second kappa shape index (κ2) is 3.24. The van der Waals surface area contributed by atoms with Gasteiger partial charge >= 0.3 is 0 Å². The van der Waals surface area contributed by atoms with E-state index in [2.05, 4.69) is 29.0 Å². The van der Waals surface area contributed by atoms with Crippen molar-refractivity contribution in [2.75, 3.05) is 29.9 Å². The van der Waals surface area contributed by atoms with E-state index in [1.54, 1.807) is 0 Å². The normalized spacial score (nSPS) is 15.1. The summed E-state index contributed by atoms with van der Waals surface area (Å²) in [5.74, 6) is 1.11. The van der Waals surface area contributed by atoms with Gasteiger partial charge in [0.1, 0.15) is 0 Å². The number of hydrogen-bond acceptors (Lipinski definition) is 3. The van der Waals surface area contributed by atoms with Crippen LogP contribution in [0.1, 0.15) is 12.5 Å². The van der Waals surface area contributed by atoms with E-state index >= 15 is 0 Å². The molecule has 1 aliphatic rings. The SMILES string of the molecule is CCN1CCNc2c(C)ccnc21. The van der Waals surface area contributed by atoms with Crippen molar-refractivity contribution in [3.8, 4) is 0 Å². The van der Waals surface area contributed by atoms with Gasteiger partial charge < -0.3 is 10.2 Å². The summed E-state index contributed by atoms with van der Waals surface area (Å²) in [6.45, 7) is 7.39. The van der Waals surface area contributed by atoms with E-state index in [4.69, 9.17) is 0 Å². The van der Waals surface area contributed by atoms with Gasteiger partial charge in [0.25, 0.3) is 0 Å². The summed E-state index contributed by atoms with van der Waals surface area (Å²) in [7, 11) is 0. The molecular formula is C10H15N3. The summed E-state index contributed by atoms with van der Waals surface area (Å²) in [5.41, 5.74) is 2.48. The largest absolute Gasteiger partial charge is 0.380 e. The highest BCUT2D eigenvalue weighted by molar-refractivity contribution is 5.71. The van der Waals surface area contributed by atoms with Gasteiger partial charge in [0.2, 0.25) is 0 Å². The van der Waals surface area contributed by atoms with Crippen LogP contribution in [0.2, 0.25) is 0 Å². The van der Waals surface area contributed by atoms with Crippen molar-refractivity contribution in [3.05, 3.63) is 17.8 Å². The second-order valence-corrected chi connectivity index (χ2v) is 3.33. The number of pyridine rings is 1. The summed E-state index contributed by atoms with van der Waals surface area (Å²) < 4.78 is 0. The third kappa shape index (κ3) is 1.34. The lowest BCUT2D eigenvalue weighted by Crippen LogP contribution is -2.34. The molecule has 1 aromatic heterocycles. The van der Waals surface area contributed by atoms with Crippen LogP contribution in [0.25, 0.3) is 0 Å². The summed E-state index contributed by atoms with van der Waals surface area (Å²) in [6, 6.07) is 2.05. The Bertz CT molecular complexity index is 309. The van der Waals surface area contributed by atoms with Crippen molar-refractivity contribution in [1.29, 1.82) is 0 Å². The maximum absolute atomic E-state index is 4.40. The van der Waals surface area contributed by atoms with Gasteiger partial charge in [-0.2, -0.15) is 0 Å². The molecule has 0 aliphatic carbocycles. The van der Waals surface area contributed by atoms with Gasteiger partial charge in [0.15, 0.2) is 5.82 Å². The summed E-state index contributed by atoms with van der Waals surface area (Å²) in [6.07, 6.45) is 1.88. The van der Waals surface area contributed by atoms with E-state index in [0.717, 1.165) is 25.5 Å². The van der Waals surface area contributed by atoms with E-state index in [-0.39, 0.29) is 0 Å². The Morgan fingerprint density at radius 1 is 1.62 bits per heavy atom. The first-order chi connectivity index (χ1) is 6.33. The van der Waals surface area contributed by atoms with Crippen LogP contribution in [-0.2, 0) is 0 Å². The molecule has 1 N–H and O–H groups in total. The Balaban J connectivity index is 2.45. The molecule has 0 unspecified atom stereocenters. The molecule has 0 bridgehead atoms. The first-order valence-electron chi connectivity index (χ1n) is 4.77. The van der Waals surface area contributed by atoms with Crippen molar-refractivity contribution >= 4 is 11.5 Å². The summed E-state index contributed by atoms with van der Waals surface area (Å²) in [5, 5.41) is 3.39. The number of nitrogens with zero attached hydrogens (tertiary/aromatic N) is 2. The third-order valence-corrected chi connectivity index (χ3v) is 2.50. The number of rotatable bonds is 1. The molecule has 0 aromatic carbocycles. The number of hydrogen-bond donors (Lipinski definition) is 1. The van der Waals surface area contributed by atoms with Gasteiger partial charge in [-0.05, 0) is 25.5 Å². The molecule has 1 aliphatic heterocycles. The van der Waals surface area contributed by atoms with Gasteiger partial charge in [-0.3, -0.25) is 0 Å². The Labute approximate surface area is 78.8 Å². The van der Waals surface area contributed by atoms with E-state index < -0.39 is 0 Å². The van der Waals surface area contributed by atoms with Gasteiger partial charge in [-0.25, -0.2) is 4.98 Å². The highest BCUT2D eigenvalue weighted by Gasteiger charge is 2.16. The minimum atomic E-state index is 1.02. The van der Waals surface area contributed by atoms with Crippen LogP contribution < -0.4 is 10.2 Å². The van der Waals surface area contributed by atoms with Gasteiger partial charge in [-0.15, -0.1) is 0 Å². The zero-order chi connectivity index (χ0) is 9.26. The van der Waals surface area contributed by atoms with Crippen LogP contribution >= 0.6 is 0 Å². The van der Waals surface area contributed by atoms with Crippen LogP contribution in [-0.4, -0.2) is 24.6 Å². The topological polar surface area (TPSA) is 28.2 Å². The monoisotopic (exact) mass is 177 g/mol. The van der Waals surface area contributed by atoms with Crippen molar-refractivity contribution in [2.45, 2.75) is 13.8 Å². The number of likely N-dealkylation sites (N-methyl/N-ethyl adjacent to an activating group) is 1. The number of nitrogens with one attached hydrogen (secondary N) is 1. The summed E-state index contributed by atoms with van der Waals surface area (Å²) >= 11 is 0. The maximum atomic E-state index is 4.40. The lowest BCUT2D eigenvalue weighted by atomic mass is 10.2. The Hall–Kier alpha value is -1.25. The fourth-order valence-corrected chi connectivity index (χ4v) is 1.73. The second-order valence-electron chi connectivity index (χ2n) is 3.33. The molecular weight excluding hydrogens is 162 g/mol. The number of anilines is 2. The van der Waals surface area contributed by atoms with Crippen molar-refractivity contribution in [1.82, 2.24) is 4.98 Å². The van der Waals surface area contributed by atoms with E-state index in [1.165, 1.54) is 11.3 Å². The molecule has 70 valence electrons. The average molecular weight is 177 g/mol. The predicted molar refractivity (Wildman–Crippen MR) is 55.4 cm³/mol. The fraction of sp³-hybridized carbons (Fsp3) is 0.500. The van der Waals surface area contributed by atoms with Crippen LogP contribution in [0.5, 0.6) is 0 Å².